The molecule has 2 aromatic carbocycles. The summed E-state index contributed by atoms with van der Waals surface area (Å²) in [5.74, 6) is -0.959. The van der Waals surface area contributed by atoms with E-state index in [0.29, 0.717) is 17.2 Å². The van der Waals surface area contributed by atoms with Crippen LogP contribution in [0.15, 0.2) is 41.8 Å². The zero-order valence-corrected chi connectivity index (χ0v) is 16.4. The van der Waals surface area contributed by atoms with Crippen LogP contribution in [0.5, 0.6) is 0 Å². The van der Waals surface area contributed by atoms with E-state index in [0.717, 1.165) is 10.6 Å². The van der Waals surface area contributed by atoms with Gasteiger partial charge < -0.3 is 5.32 Å². The number of nitrogens with zero attached hydrogens (tertiary/aromatic N) is 1. The standard InChI is InChI=1S/C22H20F2N2OS/c1-12-18(23)9-17(10-19(12)24)13(2)25-21(27)20-11-28-22(26-20)16-5-3-4-15(8-16)14-6-7-14/h3-5,8-11,13-14H,6-7H2,1-2H3,(H,25,27). The average molecular weight is 398 g/mol. The number of hydrogen-bond donors (Lipinski definition) is 1. The van der Waals surface area contributed by atoms with E-state index in [1.165, 1.54) is 48.8 Å². The molecular weight excluding hydrogens is 378 g/mol. The predicted octanol–water partition coefficient (Wildman–Crippen LogP) is 5.77. The first-order chi connectivity index (χ1) is 13.4. The maximum Gasteiger partial charge on any atom is 0.271 e. The second kappa shape index (κ2) is 7.43. The molecule has 1 unspecified atom stereocenters. The van der Waals surface area contributed by atoms with Crippen molar-refractivity contribution >= 4 is 17.2 Å². The van der Waals surface area contributed by atoms with E-state index in [-0.39, 0.29) is 11.5 Å². The largest absolute Gasteiger partial charge is 0.344 e. The van der Waals surface area contributed by atoms with Gasteiger partial charge in [-0.3, -0.25) is 4.79 Å². The monoisotopic (exact) mass is 398 g/mol. The van der Waals surface area contributed by atoms with Crippen molar-refractivity contribution in [3.05, 3.63) is 75.8 Å². The normalized spacial score (nSPS) is 14.7. The highest BCUT2D eigenvalue weighted by atomic mass is 32.1. The van der Waals surface area contributed by atoms with Crippen LogP contribution in [-0.4, -0.2) is 10.9 Å². The maximum absolute atomic E-state index is 13.8. The lowest BCUT2D eigenvalue weighted by Gasteiger charge is -2.14. The summed E-state index contributed by atoms with van der Waals surface area (Å²) in [6, 6.07) is 10.2. The third-order valence-electron chi connectivity index (χ3n) is 5.07. The summed E-state index contributed by atoms with van der Waals surface area (Å²) in [6.07, 6.45) is 2.46. The van der Waals surface area contributed by atoms with Gasteiger partial charge in [0.1, 0.15) is 22.3 Å². The van der Waals surface area contributed by atoms with E-state index in [4.69, 9.17) is 0 Å². The van der Waals surface area contributed by atoms with Crippen LogP contribution in [0.4, 0.5) is 8.78 Å². The van der Waals surface area contributed by atoms with Crippen LogP contribution in [0, 0.1) is 18.6 Å². The predicted molar refractivity (Wildman–Crippen MR) is 107 cm³/mol. The Morgan fingerprint density at radius 1 is 1.21 bits per heavy atom. The maximum atomic E-state index is 13.8. The molecular formula is C22H20F2N2OS. The third-order valence-corrected chi connectivity index (χ3v) is 5.96. The van der Waals surface area contributed by atoms with Crippen LogP contribution in [-0.2, 0) is 0 Å². The summed E-state index contributed by atoms with van der Waals surface area (Å²) >= 11 is 1.41. The summed E-state index contributed by atoms with van der Waals surface area (Å²) < 4.78 is 27.6. The van der Waals surface area contributed by atoms with Gasteiger partial charge in [-0.05, 0) is 61.9 Å². The number of carbonyl (C=O) groups is 1. The summed E-state index contributed by atoms with van der Waals surface area (Å²) in [4.78, 5) is 17.0. The molecule has 1 N–H and O–H groups in total. The number of nitrogens with one attached hydrogen (secondary N) is 1. The van der Waals surface area contributed by atoms with E-state index in [9.17, 15) is 13.6 Å². The smallest absolute Gasteiger partial charge is 0.271 e. The Hall–Kier alpha value is -2.60. The van der Waals surface area contributed by atoms with E-state index < -0.39 is 17.7 Å². The minimum absolute atomic E-state index is 0.0279. The van der Waals surface area contributed by atoms with Gasteiger partial charge in [-0.25, -0.2) is 13.8 Å². The van der Waals surface area contributed by atoms with E-state index in [2.05, 4.69) is 22.4 Å². The summed E-state index contributed by atoms with van der Waals surface area (Å²) in [6.45, 7) is 3.07. The van der Waals surface area contributed by atoms with Crippen molar-refractivity contribution in [2.24, 2.45) is 0 Å². The number of hydrogen-bond acceptors (Lipinski definition) is 3. The lowest BCUT2D eigenvalue weighted by molar-refractivity contribution is 0.0935. The van der Waals surface area contributed by atoms with Gasteiger partial charge >= 0.3 is 0 Å². The van der Waals surface area contributed by atoms with E-state index in [1.807, 2.05) is 12.1 Å². The van der Waals surface area contributed by atoms with Gasteiger partial charge in [-0.1, -0.05) is 18.2 Å². The molecule has 1 fully saturated rings. The molecule has 1 atom stereocenters. The van der Waals surface area contributed by atoms with Gasteiger partial charge in [0.15, 0.2) is 0 Å². The molecule has 1 saturated carbocycles. The van der Waals surface area contributed by atoms with Crippen molar-refractivity contribution in [1.29, 1.82) is 0 Å². The first-order valence-corrected chi connectivity index (χ1v) is 10.1. The lowest BCUT2D eigenvalue weighted by Crippen LogP contribution is -2.27. The summed E-state index contributed by atoms with van der Waals surface area (Å²) in [5, 5.41) is 5.25. The Morgan fingerprint density at radius 3 is 2.61 bits per heavy atom. The number of benzene rings is 2. The highest BCUT2D eigenvalue weighted by Crippen LogP contribution is 2.41. The SMILES string of the molecule is Cc1c(F)cc(C(C)NC(=O)c2csc(-c3cccc(C4CC4)c3)n2)cc1F. The molecule has 0 spiro atoms. The molecule has 6 heteroatoms. The molecule has 28 heavy (non-hydrogen) atoms. The van der Waals surface area contributed by atoms with E-state index >= 15 is 0 Å². The Labute approximate surface area is 166 Å². The Morgan fingerprint density at radius 2 is 1.93 bits per heavy atom. The minimum atomic E-state index is -0.623. The third kappa shape index (κ3) is 3.83. The van der Waals surface area contributed by atoms with Gasteiger partial charge in [-0.2, -0.15) is 0 Å². The van der Waals surface area contributed by atoms with Crippen molar-refractivity contribution in [1.82, 2.24) is 10.3 Å². The van der Waals surface area contributed by atoms with Crippen molar-refractivity contribution < 1.29 is 13.6 Å². The summed E-state index contributed by atoms with van der Waals surface area (Å²) in [5.41, 5.74) is 2.97. The number of halogens is 2. The molecule has 0 bridgehead atoms. The van der Waals surface area contributed by atoms with Gasteiger partial charge in [0.05, 0.1) is 6.04 Å². The van der Waals surface area contributed by atoms with Crippen LogP contribution < -0.4 is 5.32 Å². The number of amides is 1. The van der Waals surface area contributed by atoms with Crippen molar-refractivity contribution in [2.45, 2.75) is 38.6 Å². The first kappa shape index (κ1) is 18.7. The fourth-order valence-corrected chi connectivity index (χ4v) is 3.92. The van der Waals surface area contributed by atoms with Crippen LogP contribution in [0.2, 0.25) is 0 Å². The van der Waals surface area contributed by atoms with Crippen LogP contribution in [0.25, 0.3) is 10.6 Å². The number of aromatic nitrogens is 1. The Kier molecular flexibility index (Phi) is 4.98. The summed E-state index contributed by atoms with van der Waals surface area (Å²) in [7, 11) is 0. The average Bonchev–Trinajstić information content (AvgIpc) is 3.42. The zero-order chi connectivity index (χ0) is 19.8. The molecule has 0 radical (unpaired) electrons. The Bertz CT molecular complexity index is 1020. The molecule has 0 saturated heterocycles. The van der Waals surface area contributed by atoms with Crippen LogP contribution in [0.3, 0.4) is 0 Å². The van der Waals surface area contributed by atoms with Crippen molar-refractivity contribution in [2.75, 3.05) is 0 Å². The topological polar surface area (TPSA) is 42.0 Å². The first-order valence-electron chi connectivity index (χ1n) is 9.24. The second-order valence-electron chi connectivity index (χ2n) is 7.24. The molecule has 4 rings (SSSR count). The number of carbonyl (C=O) groups excluding carboxylic acids is 1. The number of thiazole rings is 1. The Balaban J connectivity index is 1.49. The molecule has 0 aliphatic heterocycles. The van der Waals surface area contributed by atoms with Gasteiger partial charge in [0, 0.05) is 16.5 Å². The van der Waals surface area contributed by atoms with Gasteiger partial charge in [0.2, 0.25) is 0 Å². The van der Waals surface area contributed by atoms with Gasteiger partial charge in [-0.15, -0.1) is 11.3 Å². The number of rotatable bonds is 5. The molecule has 1 aliphatic rings. The highest BCUT2D eigenvalue weighted by Gasteiger charge is 2.24. The molecule has 144 valence electrons. The molecule has 1 aliphatic carbocycles. The molecule has 3 aromatic rings. The van der Waals surface area contributed by atoms with Crippen molar-refractivity contribution in [3.8, 4) is 10.6 Å². The highest BCUT2D eigenvalue weighted by molar-refractivity contribution is 7.13. The fourth-order valence-electron chi connectivity index (χ4n) is 3.12. The zero-order valence-electron chi connectivity index (χ0n) is 15.6. The van der Waals surface area contributed by atoms with Gasteiger partial charge in [0.25, 0.3) is 5.91 Å². The van der Waals surface area contributed by atoms with Crippen LogP contribution in [0.1, 0.15) is 58.9 Å². The van der Waals surface area contributed by atoms with Crippen LogP contribution >= 0.6 is 11.3 Å². The second-order valence-corrected chi connectivity index (χ2v) is 8.10. The van der Waals surface area contributed by atoms with E-state index in [1.54, 1.807) is 12.3 Å². The molecule has 1 heterocycles. The van der Waals surface area contributed by atoms with Crippen molar-refractivity contribution in [3.63, 3.8) is 0 Å². The fraction of sp³-hybridized carbons (Fsp3) is 0.273. The molecule has 3 nitrogen and oxygen atoms in total. The quantitative estimate of drug-likeness (QED) is 0.593. The minimum Gasteiger partial charge on any atom is -0.344 e. The lowest BCUT2D eigenvalue weighted by atomic mass is 10.1. The molecule has 1 amide bonds. The molecule has 1 aromatic heterocycles.